The topological polar surface area (TPSA) is 70.1 Å². The molecule has 4 rings (SSSR count). The van der Waals surface area contributed by atoms with Gasteiger partial charge in [0.2, 0.25) is 0 Å². The molecule has 1 amide bonds. The quantitative estimate of drug-likeness (QED) is 0.294. The molecule has 198 valence electrons. The molecular formula is C31H40N2O4. The summed E-state index contributed by atoms with van der Waals surface area (Å²) in [6.45, 7) is 15.9. The first kappa shape index (κ1) is 26.9. The van der Waals surface area contributed by atoms with E-state index in [-0.39, 0.29) is 22.9 Å². The van der Waals surface area contributed by atoms with Crippen LogP contribution in [-0.2, 0) is 21.4 Å². The highest BCUT2D eigenvalue weighted by Crippen LogP contribution is 2.41. The van der Waals surface area contributed by atoms with Crippen molar-refractivity contribution in [2.45, 2.75) is 71.9 Å². The van der Waals surface area contributed by atoms with Crippen LogP contribution in [0.5, 0.6) is 5.75 Å². The number of aliphatic hydroxyl groups excluding tert-OH is 1. The zero-order valence-electron chi connectivity index (χ0n) is 23.0. The van der Waals surface area contributed by atoms with E-state index in [1.165, 1.54) is 5.56 Å². The van der Waals surface area contributed by atoms with E-state index in [2.05, 4.69) is 51.7 Å². The molecule has 1 fully saturated rings. The van der Waals surface area contributed by atoms with Gasteiger partial charge >= 0.3 is 0 Å². The maximum absolute atomic E-state index is 13.4. The van der Waals surface area contributed by atoms with Gasteiger partial charge < -0.3 is 19.6 Å². The third kappa shape index (κ3) is 5.45. The van der Waals surface area contributed by atoms with Crippen molar-refractivity contribution in [2.75, 3.05) is 26.2 Å². The molecule has 37 heavy (non-hydrogen) atoms. The molecule has 0 bridgehead atoms. The second-order valence-corrected chi connectivity index (χ2v) is 11.2. The van der Waals surface area contributed by atoms with Gasteiger partial charge in [-0.1, -0.05) is 58.9 Å². The number of nitrogens with zero attached hydrogens (tertiary/aromatic N) is 2. The van der Waals surface area contributed by atoms with E-state index in [4.69, 9.17) is 4.74 Å². The number of fused-ring (bicyclic) bond motifs is 1. The molecule has 0 unspecified atom stereocenters. The summed E-state index contributed by atoms with van der Waals surface area (Å²) in [5.74, 6) is -0.508. The average molecular weight is 505 g/mol. The lowest BCUT2D eigenvalue weighted by Crippen LogP contribution is -2.33. The lowest BCUT2D eigenvalue weighted by Gasteiger charge is -2.27. The van der Waals surface area contributed by atoms with Crippen LogP contribution in [0.2, 0.25) is 0 Å². The number of carbonyl (C=O) groups excluding carboxylic acids is 2. The number of aliphatic hydroxyl groups is 1. The monoisotopic (exact) mass is 504 g/mol. The third-order valence-corrected chi connectivity index (χ3v) is 7.57. The lowest BCUT2D eigenvalue weighted by molar-refractivity contribution is -0.140. The molecule has 6 heteroatoms. The lowest BCUT2D eigenvalue weighted by atomic mass is 9.85. The highest BCUT2D eigenvalue weighted by atomic mass is 16.5. The van der Waals surface area contributed by atoms with Gasteiger partial charge in [-0.05, 0) is 73.3 Å². The second-order valence-electron chi connectivity index (χ2n) is 11.2. The Bertz CT molecular complexity index is 1190. The highest BCUT2D eigenvalue weighted by Gasteiger charge is 2.46. The van der Waals surface area contributed by atoms with E-state index >= 15 is 0 Å². The largest absolute Gasteiger partial charge is 0.507 e. The Balaban J connectivity index is 1.75. The van der Waals surface area contributed by atoms with Crippen molar-refractivity contribution in [3.63, 3.8) is 0 Å². The molecule has 2 aliphatic rings. The Labute approximate surface area is 220 Å². The Morgan fingerprint density at radius 2 is 1.76 bits per heavy atom. The van der Waals surface area contributed by atoms with Gasteiger partial charge in [0.25, 0.3) is 11.7 Å². The predicted octanol–water partition coefficient (Wildman–Crippen LogP) is 5.46. The molecule has 2 heterocycles. The van der Waals surface area contributed by atoms with Gasteiger partial charge in [-0.15, -0.1) is 0 Å². The Morgan fingerprint density at radius 1 is 1.08 bits per heavy atom. The molecular weight excluding hydrogens is 464 g/mol. The summed E-state index contributed by atoms with van der Waals surface area (Å²) in [7, 11) is 0. The third-order valence-electron chi connectivity index (χ3n) is 7.57. The van der Waals surface area contributed by atoms with Gasteiger partial charge in [-0.25, -0.2) is 0 Å². The molecule has 0 spiro atoms. The summed E-state index contributed by atoms with van der Waals surface area (Å²) in [5.41, 5.74) is 3.67. The number of carbonyl (C=O) groups is 2. The Morgan fingerprint density at radius 3 is 2.38 bits per heavy atom. The number of amides is 1. The number of Topliss-reactive ketones (excluding diaryl/α,β-unsaturated/α-hetero) is 1. The first-order valence-electron chi connectivity index (χ1n) is 13.5. The maximum atomic E-state index is 13.4. The second kappa shape index (κ2) is 10.7. The number of rotatable bonds is 8. The minimum atomic E-state index is -0.630. The predicted molar refractivity (Wildman–Crippen MR) is 147 cm³/mol. The van der Waals surface area contributed by atoms with Gasteiger partial charge in [0.1, 0.15) is 17.6 Å². The van der Waals surface area contributed by atoms with Crippen LogP contribution < -0.4 is 4.74 Å². The van der Waals surface area contributed by atoms with Gasteiger partial charge in [0, 0.05) is 18.5 Å². The molecule has 2 atom stereocenters. The first-order valence-corrected chi connectivity index (χ1v) is 13.5. The summed E-state index contributed by atoms with van der Waals surface area (Å²) in [6.07, 6.45) is 1.57. The van der Waals surface area contributed by atoms with E-state index < -0.39 is 17.7 Å². The fourth-order valence-electron chi connectivity index (χ4n) is 5.35. The van der Waals surface area contributed by atoms with E-state index in [1.54, 1.807) is 11.0 Å². The molecule has 1 saturated heterocycles. The van der Waals surface area contributed by atoms with Crippen molar-refractivity contribution in [1.29, 1.82) is 0 Å². The van der Waals surface area contributed by atoms with Crippen molar-refractivity contribution in [1.82, 2.24) is 9.80 Å². The van der Waals surface area contributed by atoms with Crippen molar-refractivity contribution < 1.29 is 19.4 Å². The number of likely N-dealkylation sites (tertiary alicyclic amines) is 1. The fourth-order valence-corrected chi connectivity index (χ4v) is 5.35. The van der Waals surface area contributed by atoms with Crippen LogP contribution in [0.1, 0.15) is 76.3 Å². The van der Waals surface area contributed by atoms with Crippen LogP contribution in [0.4, 0.5) is 0 Å². The summed E-state index contributed by atoms with van der Waals surface area (Å²) in [4.78, 5) is 30.6. The van der Waals surface area contributed by atoms with Gasteiger partial charge in [0.05, 0.1) is 11.6 Å². The zero-order valence-corrected chi connectivity index (χ0v) is 23.0. The molecule has 0 saturated carbocycles. The van der Waals surface area contributed by atoms with E-state index in [9.17, 15) is 14.7 Å². The molecule has 1 N–H and O–H groups in total. The van der Waals surface area contributed by atoms with Crippen LogP contribution in [0, 0.1) is 0 Å². The minimum absolute atomic E-state index is 0.0201. The van der Waals surface area contributed by atoms with Gasteiger partial charge in [-0.2, -0.15) is 0 Å². The fraction of sp³-hybridized carbons (Fsp3) is 0.484. The normalized spacial score (nSPS) is 21.0. The van der Waals surface area contributed by atoms with Crippen LogP contribution in [0.3, 0.4) is 0 Å². The van der Waals surface area contributed by atoms with Crippen LogP contribution in [0.25, 0.3) is 5.76 Å². The first-order chi connectivity index (χ1) is 17.5. The van der Waals surface area contributed by atoms with Crippen LogP contribution in [-0.4, -0.2) is 58.9 Å². The Hall–Kier alpha value is -3.12. The zero-order chi connectivity index (χ0) is 26.9. The van der Waals surface area contributed by atoms with E-state index in [0.29, 0.717) is 12.1 Å². The number of hydrogen-bond donors (Lipinski definition) is 1. The van der Waals surface area contributed by atoms with Crippen LogP contribution >= 0.6 is 0 Å². The summed E-state index contributed by atoms with van der Waals surface area (Å²) in [6, 6.07) is 12.9. The number of ether oxygens (including phenoxy) is 1. The maximum Gasteiger partial charge on any atom is 0.295 e. The summed E-state index contributed by atoms with van der Waals surface area (Å²) >= 11 is 0. The molecule has 0 radical (unpaired) electrons. The van der Waals surface area contributed by atoms with Gasteiger partial charge in [-0.3, -0.25) is 9.59 Å². The standard InChI is InChI=1S/C31H40N2O4/c1-7-32(8-2)16-9-17-33-27(21-10-13-24(14-11-21)31(4,5)6)26(29(35)30(33)36)28(34)22-12-15-25-23(19-22)18-20(3)37-25/h10-15,19-20,27,34H,7-9,16-18H2,1-6H3/t20-,27+/m1/s1. The molecule has 0 aliphatic carbocycles. The molecule has 2 aromatic rings. The summed E-state index contributed by atoms with van der Waals surface area (Å²) in [5, 5.41) is 11.5. The molecule has 6 nitrogen and oxygen atoms in total. The van der Waals surface area contributed by atoms with Crippen LogP contribution in [0.15, 0.2) is 48.0 Å². The molecule has 0 aromatic heterocycles. The van der Waals surface area contributed by atoms with Crippen molar-refractivity contribution in [3.05, 3.63) is 70.3 Å². The van der Waals surface area contributed by atoms with Crippen molar-refractivity contribution in [2.24, 2.45) is 0 Å². The number of hydrogen-bond acceptors (Lipinski definition) is 5. The average Bonchev–Trinajstić information content (AvgIpc) is 3.36. The SMILES string of the molecule is CCN(CC)CCCN1C(=O)C(=O)C(=C(O)c2ccc3c(c2)C[C@@H](C)O3)[C@@H]1c1ccc(C(C)(C)C)cc1. The highest BCUT2D eigenvalue weighted by molar-refractivity contribution is 6.46. The van der Waals surface area contributed by atoms with Crippen molar-refractivity contribution in [3.8, 4) is 5.75 Å². The number of benzene rings is 2. The smallest absolute Gasteiger partial charge is 0.295 e. The Kier molecular flexibility index (Phi) is 7.79. The number of ketones is 1. The molecule has 2 aliphatic heterocycles. The molecule has 2 aromatic carbocycles. The van der Waals surface area contributed by atoms with E-state index in [0.717, 1.165) is 49.4 Å². The van der Waals surface area contributed by atoms with Gasteiger partial charge in [0.15, 0.2) is 0 Å². The minimum Gasteiger partial charge on any atom is -0.507 e. The van der Waals surface area contributed by atoms with E-state index in [1.807, 2.05) is 31.2 Å². The summed E-state index contributed by atoms with van der Waals surface area (Å²) < 4.78 is 5.80. The van der Waals surface area contributed by atoms with Crippen molar-refractivity contribution >= 4 is 17.4 Å².